The molecule has 4 rings (SSSR count). The number of amides is 1. The number of benzene rings is 1. The maximum Gasteiger partial charge on any atom is 0.255 e. The Bertz CT molecular complexity index is 1330. The van der Waals surface area contributed by atoms with Crippen LogP contribution in [0.25, 0.3) is 16.3 Å². The van der Waals surface area contributed by atoms with Gasteiger partial charge in [0, 0.05) is 36.2 Å². The van der Waals surface area contributed by atoms with Gasteiger partial charge in [-0.2, -0.15) is 0 Å². The molecule has 1 aromatic carbocycles. The summed E-state index contributed by atoms with van der Waals surface area (Å²) in [7, 11) is 1.61. The molecule has 1 amide bonds. The lowest BCUT2D eigenvalue weighted by atomic mass is 10.0. The molecule has 0 spiro atoms. The molecule has 1 N–H and O–H groups in total. The van der Waals surface area contributed by atoms with E-state index >= 15 is 0 Å². The van der Waals surface area contributed by atoms with Gasteiger partial charge in [-0.3, -0.25) is 9.59 Å². The van der Waals surface area contributed by atoms with Crippen LogP contribution in [0.15, 0.2) is 53.7 Å². The summed E-state index contributed by atoms with van der Waals surface area (Å²) in [5.74, 6) is -2.42. The molecule has 0 bridgehead atoms. The van der Waals surface area contributed by atoms with Crippen LogP contribution in [0.4, 0.5) is 8.78 Å². The maximum atomic E-state index is 13.8. The lowest BCUT2D eigenvalue weighted by Crippen LogP contribution is -2.30. The Morgan fingerprint density at radius 1 is 1.17 bits per heavy atom. The van der Waals surface area contributed by atoms with E-state index in [1.54, 1.807) is 49.0 Å². The van der Waals surface area contributed by atoms with Gasteiger partial charge in [-0.1, -0.05) is 11.6 Å². The van der Waals surface area contributed by atoms with Crippen molar-refractivity contribution in [3.63, 3.8) is 0 Å². The Kier molecular flexibility index (Phi) is 4.62. The fourth-order valence-electron chi connectivity index (χ4n) is 3.40. The highest BCUT2D eigenvalue weighted by Crippen LogP contribution is 2.28. The van der Waals surface area contributed by atoms with Crippen LogP contribution in [-0.2, 0) is 0 Å². The molecule has 0 fully saturated rings. The van der Waals surface area contributed by atoms with E-state index in [9.17, 15) is 18.4 Å². The molecule has 148 valence electrons. The average molecular weight is 416 g/mol. The smallest absolute Gasteiger partial charge is 0.255 e. The zero-order valence-corrected chi connectivity index (χ0v) is 16.3. The van der Waals surface area contributed by atoms with E-state index in [4.69, 9.17) is 11.6 Å². The topological polar surface area (TPSA) is 57.6 Å². The summed E-state index contributed by atoms with van der Waals surface area (Å²) in [6.45, 7) is 1.75. The lowest BCUT2D eigenvalue weighted by molar-refractivity contribution is 0.0743. The largest absolute Gasteiger partial charge is 0.335 e. The highest BCUT2D eigenvalue weighted by molar-refractivity contribution is 6.30. The summed E-state index contributed by atoms with van der Waals surface area (Å²) >= 11 is 6.00. The van der Waals surface area contributed by atoms with Gasteiger partial charge in [-0.05, 0) is 48.2 Å². The number of nitrogens with one attached hydrogen (secondary N) is 1. The van der Waals surface area contributed by atoms with Gasteiger partial charge in [0.25, 0.3) is 11.5 Å². The van der Waals surface area contributed by atoms with E-state index in [0.717, 1.165) is 17.6 Å². The standard InChI is InChI=1S/C21H16ClF2N3O2/c1-11(17-9-25-20(28)16-8-19(24)18(23)7-15(16)17)26(2)21(29)12-5-14-6-13(22)3-4-27(14)10-12/h3-11H,1-2H3,(H,25,28). The summed E-state index contributed by atoms with van der Waals surface area (Å²) in [4.78, 5) is 29.0. The van der Waals surface area contributed by atoms with Crippen LogP contribution in [0, 0.1) is 11.6 Å². The van der Waals surface area contributed by atoms with Crippen LogP contribution in [0.3, 0.4) is 0 Å². The molecule has 3 aromatic heterocycles. The number of aromatic amines is 1. The molecular formula is C21H16ClF2N3O2. The normalized spacial score (nSPS) is 12.4. The van der Waals surface area contributed by atoms with Crippen molar-refractivity contribution in [2.24, 2.45) is 0 Å². The van der Waals surface area contributed by atoms with Crippen LogP contribution in [0.2, 0.25) is 5.02 Å². The first-order chi connectivity index (χ1) is 13.8. The van der Waals surface area contributed by atoms with E-state index in [2.05, 4.69) is 4.98 Å². The summed E-state index contributed by atoms with van der Waals surface area (Å²) in [6, 6.07) is 6.52. The second-order valence-corrected chi connectivity index (χ2v) is 7.32. The molecule has 0 aliphatic rings. The molecular weight excluding hydrogens is 400 g/mol. The molecule has 1 unspecified atom stereocenters. The fourth-order valence-corrected chi connectivity index (χ4v) is 3.57. The number of hydrogen-bond acceptors (Lipinski definition) is 2. The van der Waals surface area contributed by atoms with Crippen molar-refractivity contribution in [1.29, 1.82) is 0 Å². The summed E-state index contributed by atoms with van der Waals surface area (Å²) < 4.78 is 29.2. The Morgan fingerprint density at radius 2 is 1.86 bits per heavy atom. The fraction of sp³-hybridized carbons (Fsp3) is 0.143. The summed E-state index contributed by atoms with van der Waals surface area (Å²) in [6.07, 6.45) is 4.87. The van der Waals surface area contributed by atoms with Crippen molar-refractivity contribution in [2.45, 2.75) is 13.0 Å². The minimum Gasteiger partial charge on any atom is -0.335 e. The van der Waals surface area contributed by atoms with Crippen LogP contribution in [0.5, 0.6) is 0 Å². The van der Waals surface area contributed by atoms with Gasteiger partial charge in [-0.15, -0.1) is 0 Å². The Hall–Kier alpha value is -3.19. The molecule has 29 heavy (non-hydrogen) atoms. The van der Waals surface area contributed by atoms with Gasteiger partial charge in [0.05, 0.1) is 17.0 Å². The predicted molar refractivity (Wildman–Crippen MR) is 107 cm³/mol. The van der Waals surface area contributed by atoms with Gasteiger partial charge < -0.3 is 14.3 Å². The first kappa shape index (κ1) is 19.1. The number of aromatic nitrogens is 2. The van der Waals surface area contributed by atoms with Crippen molar-refractivity contribution in [2.75, 3.05) is 7.05 Å². The number of nitrogens with zero attached hydrogens (tertiary/aromatic N) is 2. The molecule has 3 heterocycles. The third kappa shape index (κ3) is 3.27. The number of H-pyrrole nitrogens is 1. The zero-order valence-electron chi connectivity index (χ0n) is 15.5. The van der Waals surface area contributed by atoms with Gasteiger partial charge in [-0.25, -0.2) is 8.78 Å². The second kappa shape index (κ2) is 7.00. The van der Waals surface area contributed by atoms with Gasteiger partial charge in [0.15, 0.2) is 11.6 Å². The number of hydrogen-bond donors (Lipinski definition) is 1. The minimum atomic E-state index is -1.10. The second-order valence-electron chi connectivity index (χ2n) is 6.88. The Balaban J connectivity index is 1.74. The molecule has 5 nitrogen and oxygen atoms in total. The molecule has 0 radical (unpaired) electrons. The van der Waals surface area contributed by atoms with Gasteiger partial charge in [0.2, 0.25) is 0 Å². The van der Waals surface area contributed by atoms with Gasteiger partial charge >= 0.3 is 0 Å². The first-order valence-corrected chi connectivity index (χ1v) is 9.19. The number of pyridine rings is 2. The molecule has 4 aromatic rings. The van der Waals surface area contributed by atoms with Crippen LogP contribution >= 0.6 is 11.6 Å². The Labute approximate surface area is 169 Å². The number of rotatable bonds is 3. The number of carbonyl (C=O) groups is 1. The predicted octanol–water partition coefficient (Wildman–Crippen LogP) is 4.55. The molecule has 0 aliphatic heterocycles. The zero-order chi connectivity index (χ0) is 20.9. The van der Waals surface area contributed by atoms with Gasteiger partial charge in [0.1, 0.15) is 0 Å². The van der Waals surface area contributed by atoms with Crippen LogP contribution < -0.4 is 5.56 Å². The molecule has 8 heteroatoms. The van der Waals surface area contributed by atoms with Crippen molar-refractivity contribution < 1.29 is 13.6 Å². The van der Waals surface area contributed by atoms with Crippen LogP contribution in [-0.4, -0.2) is 27.2 Å². The lowest BCUT2D eigenvalue weighted by Gasteiger charge is -2.26. The Morgan fingerprint density at radius 3 is 2.59 bits per heavy atom. The minimum absolute atomic E-state index is 0.0262. The first-order valence-electron chi connectivity index (χ1n) is 8.81. The third-order valence-corrected chi connectivity index (χ3v) is 5.37. The van der Waals surface area contributed by atoms with E-state index in [1.807, 2.05) is 0 Å². The number of fused-ring (bicyclic) bond motifs is 2. The molecule has 0 aliphatic carbocycles. The monoisotopic (exact) mass is 415 g/mol. The summed E-state index contributed by atoms with van der Waals surface area (Å²) in [5.41, 5.74) is 1.20. The third-order valence-electron chi connectivity index (χ3n) is 5.13. The number of halogens is 3. The molecule has 1 atom stereocenters. The SMILES string of the molecule is CC(c1c[nH]c(=O)c2cc(F)c(F)cc12)N(C)C(=O)c1cc2cc(Cl)ccn2c1. The quantitative estimate of drug-likeness (QED) is 0.534. The van der Waals surface area contributed by atoms with E-state index in [0.29, 0.717) is 16.1 Å². The molecule has 0 saturated heterocycles. The molecule has 0 saturated carbocycles. The van der Waals surface area contributed by atoms with Crippen molar-refractivity contribution in [3.05, 3.63) is 87.1 Å². The maximum absolute atomic E-state index is 13.8. The van der Waals surface area contributed by atoms with E-state index < -0.39 is 23.2 Å². The van der Waals surface area contributed by atoms with E-state index in [1.165, 1.54) is 11.1 Å². The van der Waals surface area contributed by atoms with Crippen molar-refractivity contribution in [3.8, 4) is 0 Å². The number of carbonyl (C=O) groups excluding carboxylic acids is 1. The highest BCUT2D eigenvalue weighted by Gasteiger charge is 2.23. The van der Waals surface area contributed by atoms with Crippen molar-refractivity contribution >= 4 is 33.8 Å². The highest BCUT2D eigenvalue weighted by atomic mass is 35.5. The van der Waals surface area contributed by atoms with Crippen LogP contribution in [0.1, 0.15) is 28.9 Å². The average Bonchev–Trinajstić information content (AvgIpc) is 3.11. The van der Waals surface area contributed by atoms with E-state index in [-0.39, 0.29) is 16.7 Å². The summed E-state index contributed by atoms with van der Waals surface area (Å²) in [5, 5.41) is 0.845. The van der Waals surface area contributed by atoms with Crippen molar-refractivity contribution in [1.82, 2.24) is 14.3 Å².